The number of hydrogen-bond acceptors (Lipinski definition) is 4. The maximum Gasteiger partial charge on any atom is 0.328 e. The second-order valence-electron chi connectivity index (χ2n) is 6.48. The van der Waals surface area contributed by atoms with Crippen molar-refractivity contribution in [3.63, 3.8) is 0 Å². The highest BCUT2D eigenvalue weighted by Crippen LogP contribution is 2.34. The summed E-state index contributed by atoms with van der Waals surface area (Å²) in [6, 6.07) is 7.66. The smallest absolute Gasteiger partial charge is 0.328 e. The number of carbonyl (C=O) groups excluding carboxylic acids is 2. The van der Waals surface area contributed by atoms with E-state index in [0.717, 1.165) is 19.3 Å². The molecule has 1 aromatic heterocycles. The number of hydrogen-bond donors (Lipinski definition) is 1. The number of amides is 1. The number of nitrogens with zero attached hydrogens (tertiary/aromatic N) is 2. The lowest BCUT2D eigenvalue weighted by Gasteiger charge is -2.28. The molecule has 132 valence electrons. The molecule has 0 bridgehead atoms. The Morgan fingerprint density at radius 1 is 1.40 bits per heavy atom. The van der Waals surface area contributed by atoms with Gasteiger partial charge in [0.05, 0.1) is 18.9 Å². The van der Waals surface area contributed by atoms with E-state index in [2.05, 4.69) is 22.5 Å². The molecule has 6 heteroatoms. The maximum absolute atomic E-state index is 12.4. The summed E-state index contributed by atoms with van der Waals surface area (Å²) in [5.74, 6) is -0.490. The third-order valence-corrected chi connectivity index (χ3v) is 4.77. The number of benzene rings is 1. The summed E-state index contributed by atoms with van der Waals surface area (Å²) in [6.07, 6.45) is 6.81. The summed E-state index contributed by atoms with van der Waals surface area (Å²) >= 11 is 0. The Labute approximate surface area is 147 Å². The second kappa shape index (κ2) is 7.51. The topological polar surface area (TPSA) is 73.2 Å². The molecule has 2 atom stereocenters. The summed E-state index contributed by atoms with van der Waals surface area (Å²) in [5.41, 5.74) is 3.04. The molecule has 25 heavy (non-hydrogen) atoms. The van der Waals surface area contributed by atoms with E-state index in [9.17, 15) is 9.59 Å². The van der Waals surface area contributed by atoms with Crippen LogP contribution in [0.15, 0.2) is 36.7 Å². The number of rotatable bonds is 5. The van der Waals surface area contributed by atoms with E-state index in [-0.39, 0.29) is 11.8 Å². The molecule has 1 amide bonds. The number of carbonyl (C=O) groups is 2. The van der Waals surface area contributed by atoms with Crippen molar-refractivity contribution < 1.29 is 14.3 Å². The fourth-order valence-electron chi connectivity index (χ4n) is 3.52. The molecule has 2 aromatic rings. The summed E-state index contributed by atoms with van der Waals surface area (Å²) in [6.45, 7) is 0. The fraction of sp³-hybridized carbons (Fsp3) is 0.421. The van der Waals surface area contributed by atoms with Gasteiger partial charge in [0.15, 0.2) is 0 Å². The largest absolute Gasteiger partial charge is 0.467 e. The third kappa shape index (κ3) is 3.90. The molecule has 0 unspecified atom stereocenters. The van der Waals surface area contributed by atoms with Crippen LogP contribution in [0.1, 0.15) is 46.7 Å². The fourth-order valence-corrected chi connectivity index (χ4v) is 3.52. The molecular formula is C19H23N3O3. The minimum atomic E-state index is -0.672. The first-order chi connectivity index (χ1) is 12.1. The van der Waals surface area contributed by atoms with Gasteiger partial charge >= 0.3 is 5.97 Å². The van der Waals surface area contributed by atoms with Crippen molar-refractivity contribution in [3.8, 4) is 0 Å². The van der Waals surface area contributed by atoms with E-state index in [1.54, 1.807) is 17.9 Å². The standard InChI is InChI=1S/C19H23N3O3/c1-22-12-15(11-20-22)18(23)21-17(19(24)25-2)10-14-8-5-7-13-6-3-4-9-16(13)14/h3-4,6,9,11-12,14,17H,5,7-8,10H2,1-2H3,(H,21,23)/t14-,17-/m1/s1. The summed E-state index contributed by atoms with van der Waals surface area (Å²) in [7, 11) is 3.09. The van der Waals surface area contributed by atoms with Crippen molar-refractivity contribution in [1.29, 1.82) is 0 Å². The Bertz CT molecular complexity index is 769. The first-order valence-corrected chi connectivity index (χ1v) is 8.53. The quantitative estimate of drug-likeness (QED) is 0.846. The minimum absolute atomic E-state index is 0.239. The molecule has 0 aliphatic heterocycles. The van der Waals surface area contributed by atoms with Crippen LogP contribution in [0.4, 0.5) is 0 Å². The van der Waals surface area contributed by atoms with Crippen LogP contribution >= 0.6 is 0 Å². The van der Waals surface area contributed by atoms with Crippen molar-refractivity contribution in [1.82, 2.24) is 15.1 Å². The number of esters is 1. The van der Waals surface area contributed by atoms with E-state index in [1.807, 2.05) is 12.1 Å². The molecular weight excluding hydrogens is 318 g/mol. The first-order valence-electron chi connectivity index (χ1n) is 8.53. The van der Waals surface area contributed by atoms with Crippen molar-refractivity contribution in [3.05, 3.63) is 53.3 Å². The van der Waals surface area contributed by atoms with Gasteiger partial charge < -0.3 is 10.1 Å². The molecule has 1 aromatic carbocycles. The van der Waals surface area contributed by atoms with Crippen LogP contribution in [0, 0.1) is 0 Å². The predicted octanol–water partition coefficient (Wildman–Crippen LogP) is 2.20. The van der Waals surface area contributed by atoms with Gasteiger partial charge in [0.2, 0.25) is 0 Å². The number of aryl methyl sites for hydroxylation is 2. The lowest BCUT2D eigenvalue weighted by atomic mass is 9.79. The Kier molecular flexibility index (Phi) is 5.16. The second-order valence-corrected chi connectivity index (χ2v) is 6.48. The number of fused-ring (bicyclic) bond motifs is 1. The molecule has 0 radical (unpaired) electrons. The van der Waals surface area contributed by atoms with Gasteiger partial charge in [-0.2, -0.15) is 5.10 Å². The van der Waals surface area contributed by atoms with Crippen molar-refractivity contribution in [2.75, 3.05) is 7.11 Å². The summed E-state index contributed by atoms with van der Waals surface area (Å²) in [5, 5.41) is 6.80. The molecule has 1 heterocycles. The van der Waals surface area contributed by atoms with Crippen molar-refractivity contribution in [2.45, 2.75) is 37.6 Å². The molecule has 0 saturated carbocycles. The summed E-state index contributed by atoms with van der Waals surface area (Å²) in [4.78, 5) is 24.6. The number of methoxy groups -OCH3 is 1. The molecule has 1 N–H and O–H groups in total. The van der Waals surface area contributed by atoms with E-state index in [4.69, 9.17) is 4.74 Å². The van der Waals surface area contributed by atoms with Crippen LogP contribution in [-0.2, 0) is 23.0 Å². The zero-order valence-electron chi connectivity index (χ0n) is 14.6. The van der Waals surface area contributed by atoms with Crippen LogP contribution in [0.5, 0.6) is 0 Å². The number of nitrogens with one attached hydrogen (secondary N) is 1. The molecule has 0 fully saturated rings. The van der Waals surface area contributed by atoms with Gasteiger partial charge in [-0.25, -0.2) is 4.79 Å². The molecule has 3 rings (SSSR count). The first kappa shape index (κ1) is 17.2. The summed E-state index contributed by atoms with van der Waals surface area (Å²) < 4.78 is 6.46. The predicted molar refractivity (Wildman–Crippen MR) is 93.2 cm³/mol. The highest BCUT2D eigenvalue weighted by Gasteiger charge is 2.29. The van der Waals surface area contributed by atoms with Crippen LogP contribution in [-0.4, -0.2) is 34.8 Å². The van der Waals surface area contributed by atoms with Crippen LogP contribution in [0.2, 0.25) is 0 Å². The molecule has 0 saturated heterocycles. The average Bonchev–Trinajstić information content (AvgIpc) is 3.07. The zero-order chi connectivity index (χ0) is 17.8. The number of aromatic nitrogens is 2. The van der Waals surface area contributed by atoms with Gasteiger partial charge in [-0.15, -0.1) is 0 Å². The van der Waals surface area contributed by atoms with Crippen LogP contribution in [0.25, 0.3) is 0 Å². The Balaban J connectivity index is 1.76. The molecule has 0 spiro atoms. The SMILES string of the molecule is COC(=O)[C@@H](C[C@H]1CCCc2ccccc21)NC(=O)c1cnn(C)c1. The van der Waals surface area contributed by atoms with Gasteiger partial charge in [-0.3, -0.25) is 9.48 Å². The van der Waals surface area contributed by atoms with Gasteiger partial charge in [0, 0.05) is 13.2 Å². The van der Waals surface area contributed by atoms with Crippen molar-refractivity contribution in [2.24, 2.45) is 7.05 Å². The van der Waals surface area contributed by atoms with E-state index in [0.29, 0.717) is 12.0 Å². The van der Waals surface area contributed by atoms with Gasteiger partial charge in [0.25, 0.3) is 5.91 Å². The molecule has 1 aliphatic carbocycles. The molecule has 1 aliphatic rings. The van der Waals surface area contributed by atoms with E-state index >= 15 is 0 Å². The average molecular weight is 341 g/mol. The third-order valence-electron chi connectivity index (χ3n) is 4.77. The van der Waals surface area contributed by atoms with E-state index < -0.39 is 12.0 Å². The lowest BCUT2D eigenvalue weighted by Crippen LogP contribution is -2.42. The van der Waals surface area contributed by atoms with Crippen LogP contribution in [0.3, 0.4) is 0 Å². The number of ether oxygens (including phenoxy) is 1. The highest BCUT2D eigenvalue weighted by atomic mass is 16.5. The Morgan fingerprint density at radius 3 is 2.92 bits per heavy atom. The highest BCUT2D eigenvalue weighted by molar-refractivity contribution is 5.96. The monoisotopic (exact) mass is 341 g/mol. The minimum Gasteiger partial charge on any atom is -0.467 e. The van der Waals surface area contributed by atoms with Crippen molar-refractivity contribution >= 4 is 11.9 Å². The van der Waals surface area contributed by atoms with Gasteiger partial charge in [-0.1, -0.05) is 24.3 Å². The van der Waals surface area contributed by atoms with Crippen LogP contribution < -0.4 is 5.32 Å². The Hall–Kier alpha value is -2.63. The lowest BCUT2D eigenvalue weighted by molar-refractivity contribution is -0.143. The van der Waals surface area contributed by atoms with Gasteiger partial charge in [0.1, 0.15) is 6.04 Å². The van der Waals surface area contributed by atoms with E-state index in [1.165, 1.54) is 24.4 Å². The Morgan fingerprint density at radius 2 is 2.20 bits per heavy atom. The maximum atomic E-state index is 12.4. The zero-order valence-corrected chi connectivity index (χ0v) is 14.6. The van der Waals surface area contributed by atoms with Gasteiger partial charge in [-0.05, 0) is 42.7 Å². The normalized spacial score (nSPS) is 17.4. The molecule has 6 nitrogen and oxygen atoms in total.